The summed E-state index contributed by atoms with van der Waals surface area (Å²) in [6, 6.07) is -0.588. The van der Waals surface area contributed by atoms with Gasteiger partial charge in [-0.05, 0) is 6.42 Å². The molecule has 0 aromatic rings. The van der Waals surface area contributed by atoms with Crippen molar-refractivity contribution in [3.63, 3.8) is 0 Å². The smallest absolute Gasteiger partial charge is 0.324 e. The normalized spacial score (nSPS) is 30.8. The van der Waals surface area contributed by atoms with Crippen molar-refractivity contribution >= 4 is 11.9 Å². The molecular formula is C9H14N2O3. The molecule has 0 aromatic heterocycles. The first-order valence-corrected chi connectivity index (χ1v) is 4.96. The summed E-state index contributed by atoms with van der Waals surface area (Å²) >= 11 is 0. The quantitative estimate of drug-likeness (QED) is 0.515. The van der Waals surface area contributed by atoms with Crippen molar-refractivity contribution in [2.45, 2.75) is 31.9 Å². The standard InChI is InChI=1S/C9H14N2O3/c1-2-3-7-8(12)11(9(13)10-7)4-6-5-14-6/h6-7H,2-5H2,1H3,(H,10,13). The maximum Gasteiger partial charge on any atom is 0.324 e. The Morgan fingerprint density at radius 2 is 2.29 bits per heavy atom. The summed E-state index contributed by atoms with van der Waals surface area (Å²) in [4.78, 5) is 24.3. The lowest BCUT2D eigenvalue weighted by Crippen LogP contribution is -2.34. The first kappa shape index (κ1) is 9.45. The van der Waals surface area contributed by atoms with Crippen LogP contribution < -0.4 is 5.32 Å². The van der Waals surface area contributed by atoms with Gasteiger partial charge in [-0.3, -0.25) is 9.69 Å². The van der Waals surface area contributed by atoms with Gasteiger partial charge in [-0.1, -0.05) is 13.3 Å². The molecule has 2 aliphatic rings. The van der Waals surface area contributed by atoms with Gasteiger partial charge in [-0.2, -0.15) is 0 Å². The van der Waals surface area contributed by atoms with Crippen molar-refractivity contribution in [2.24, 2.45) is 0 Å². The molecule has 0 aliphatic carbocycles. The van der Waals surface area contributed by atoms with Crippen LogP contribution in [0.4, 0.5) is 4.79 Å². The Hall–Kier alpha value is -1.10. The number of hydrogen-bond donors (Lipinski definition) is 1. The number of amides is 3. The Morgan fingerprint density at radius 3 is 2.86 bits per heavy atom. The number of nitrogens with zero attached hydrogens (tertiary/aromatic N) is 1. The number of imide groups is 1. The number of ether oxygens (including phenoxy) is 1. The van der Waals surface area contributed by atoms with E-state index in [1.54, 1.807) is 0 Å². The number of carbonyl (C=O) groups is 2. The number of urea groups is 1. The van der Waals surface area contributed by atoms with Gasteiger partial charge in [0.05, 0.1) is 19.3 Å². The van der Waals surface area contributed by atoms with Gasteiger partial charge < -0.3 is 10.1 Å². The van der Waals surface area contributed by atoms with Crippen molar-refractivity contribution in [3.8, 4) is 0 Å². The molecule has 1 N–H and O–H groups in total. The lowest BCUT2D eigenvalue weighted by molar-refractivity contribution is -0.127. The topological polar surface area (TPSA) is 61.9 Å². The minimum Gasteiger partial charge on any atom is -0.371 e. The van der Waals surface area contributed by atoms with E-state index in [-0.39, 0.29) is 24.1 Å². The highest BCUT2D eigenvalue weighted by molar-refractivity contribution is 6.04. The second kappa shape index (κ2) is 3.57. The number of hydrogen-bond acceptors (Lipinski definition) is 3. The summed E-state index contributed by atoms with van der Waals surface area (Å²) in [5, 5.41) is 2.67. The van der Waals surface area contributed by atoms with E-state index in [0.717, 1.165) is 6.42 Å². The predicted molar refractivity (Wildman–Crippen MR) is 48.7 cm³/mol. The van der Waals surface area contributed by atoms with E-state index < -0.39 is 0 Å². The van der Waals surface area contributed by atoms with Crippen molar-refractivity contribution in [2.75, 3.05) is 13.2 Å². The third-order valence-electron chi connectivity index (χ3n) is 2.47. The zero-order chi connectivity index (χ0) is 10.1. The van der Waals surface area contributed by atoms with Gasteiger partial charge in [0.1, 0.15) is 6.04 Å². The van der Waals surface area contributed by atoms with Crippen molar-refractivity contribution < 1.29 is 14.3 Å². The van der Waals surface area contributed by atoms with E-state index in [9.17, 15) is 9.59 Å². The highest BCUT2D eigenvalue weighted by Crippen LogP contribution is 2.16. The van der Waals surface area contributed by atoms with Crippen LogP contribution in [0.3, 0.4) is 0 Å². The average molecular weight is 198 g/mol. The van der Waals surface area contributed by atoms with E-state index in [2.05, 4.69) is 5.32 Å². The minimum absolute atomic E-state index is 0.0741. The van der Waals surface area contributed by atoms with Gasteiger partial charge in [-0.25, -0.2) is 4.79 Å². The lowest BCUT2D eigenvalue weighted by Gasteiger charge is -2.10. The van der Waals surface area contributed by atoms with E-state index in [1.807, 2.05) is 6.92 Å². The van der Waals surface area contributed by atoms with Crippen LogP contribution in [0.15, 0.2) is 0 Å². The van der Waals surface area contributed by atoms with Crippen LogP contribution in [0, 0.1) is 0 Å². The van der Waals surface area contributed by atoms with Crippen LogP contribution in [0.25, 0.3) is 0 Å². The van der Waals surface area contributed by atoms with Gasteiger partial charge in [0.2, 0.25) is 0 Å². The molecule has 2 unspecified atom stereocenters. The minimum atomic E-state index is -0.314. The van der Waals surface area contributed by atoms with E-state index in [0.29, 0.717) is 19.6 Å². The number of epoxide rings is 1. The zero-order valence-electron chi connectivity index (χ0n) is 8.16. The molecule has 2 aliphatic heterocycles. The lowest BCUT2D eigenvalue weighted by atomic mass is 10.2. The fraction of sp³-hybridized carbons (Fsp3) is 0.778. The van der Waals surface area contributed by atoms with Crippen LogP contribution in [0.1, 0.15) is 19.8 Å². The molecule has 0 radical (unpaired) electrons. The van der Waals surface area contributed by atoms with Crippen LogP contribution >= 0.6 is 0 Å². The summed E-state index contributed by atoms with van der Waals surface area (Å²) in [6.07, 6.45) is 1.68. The number of carbonyl (C=O) groups excluding carboxylic acids is 2. The molecule has 0 saturated carbocycles. The molecule has 2 fully saturated rings. The highest BCUT2D eigenvalue weighted by atomic mass is 16.6. The van der Waals surface area contributed by atoms with E-state index in [4.69, 9.17) is 4.74 Å². The van der Waals surface area contributed by atoms with E-state index in [1.165, 1.54) is 4.90 Å². The predicted octanol–water partition coefficient (Wildman–Crippen LogP) is 0.106. The molecule has 14 heavy (non-hydrogen) atoms. The molecule has 5 nitrogen and oxygen atoms in total. The van der Waals surface area contributed by atoms with Crippen molar-refractivity contribution in [3.05, 3.63) is 0 Å². The van der Waals surface area contributed by atoms with Crippen LogP contribution in [0.5, 0.6) is 0 Å². The fourth-order valence-corrected chi connectivity index (χ4v) is 1.61. The summed E-state index contributed by atoms with van der Waals surface area (Å²) < 4.78 is 4.99. The second-order valence-corrected chi connectivity index (χ2v) is 3.69. The molecule has 0 bridgehead atoms. The second-order valence-electron chi connectivity index (χ2n) is 3.69. The molecular weight excluding hydrogens is 184 g/mol. The van der Waals surface area contributed by atoms with Crippen molar-refractivity contribution in [1.82, 2.24) is 10.2 Å². The summed E-state index contributed by atoms with van der Waals surface area (Å²) in [5.74, 6) is -0.104. The fourth-order valence-electron chi connectivity index (χ4n) is 1.61. The summed E-state index contributed by atoms with van der Waals surface area (Å²) in [5.41, 5.74) is 0. The number of rotatable bonds is 4. The monoisotopic (exact) mass is 198 g/mol. The number of nitrogens with one attached hydrogen (secondary N) is 1. The summed E-state index contributed by atoms with van der Waals surface area (Å²) in [6.45, 7) is 3.06. The van der Waals surface area contributed by atoms with Crippen LogP contribution in [0.2, 0.25) is 0 Å². The highest BCUT2D eigenvalue weighted by Gasteiger charge is 2.40. The Bertz CT molecular complexity index is 263. The molecule has 0 spiro atoms. The molecule has 5 heteroatoms. The molecule has 2 saturated heterocycles. The molecule has 2 atom stereocenters. The first-order chi connectivity index (χ1) is 6.72. The van der Waals surface area contributed by atoms with Gasteiger partial charge in [0, 0.05) is 0 Å². The van der Waals surface area contributed by atoms with Crippen molar-refractivity contribution in [1.29, 1.82) is 0 Å². The SMILES string of the molecule is CCCC1NC(=O)N(CC2CO2)C1=O. The van der Waals surface area contributed by atoms with Crippen LogP contribution in [-0.2, 0) is 9.53 Å². The molecule has 2 heterocycles. The Kier molecular flexibility index (Phi) is 2.41. The third kappa shape index (κ3) is 1.72. The molecule has 2 rings (SSSR count). The maximum absolute atomic E-state index is 11.7. The third-order valence-corrected chi connectivity index (χ3v) is 2.47. The molecule has 78 valence electrons. The summed E-state index contributed by atoms with van der Waals surface area (Å²) in [7, 11) is 0. The van der Waals surface area contributed by atoms with Crippen LogP contribution in [-0.4, -0.2) is 42.1 Å². The largest absolute Gasteiger partial charge is 0.371 e. The first-order valence-electron chi connectivity index (χ1n) is 4.96. The Labute approximate surface area is 82.4 Å². The zero-order valence-corrected chi connectivity index (χ0v) is 8.16. The van der Waals surface area contributed by atoms with E-state index >= 15 is 0 Å². The van der Waals surface area contributed by atoms with Gasteiger partial charge in [0.25, 0.3) is 5.91 Å². The van der Waals surface area contributed by atoms with Gasteiger partial charge >= 0.3 is 6.03 Å². The average Bonchev–Trinajstić information content (AvgIpc) is 2.91. The van der Waals surface area contributed by atoms with Gasteiger partial charge in [0.15, 0.2) is 0 Å². The maximum atomic E-state index is 11.7. The van der Waals surface area contributed by atoms with Gasteiger partial charge in [-0.15, -0.1) is 0 Å². The molecule has 3 amide bonds. The Balaban J connectivity index is 1.95. The molecule has 0 aromatic carbocycles. The Morgan fingerprint density at radius 1 is 1.57 bits per heavy atom.